The number of thiocarbonyl (C=S) groups is 1. The summed E-state index contributed by atoms with van der Waals surface area (Å²) in [6.07, 6.45) is 1.09. The van der Waals surface area contributed by atoms with E-state index in [1.54, 1.807) is 0 Å². The maximum atomic E-state index is 5.73. The third-order valence-corrected chi connectivity index (χ3v) is 5.94. The van der Waals surface area contributed by atoms with Gasteiger partial charge in [0.2, 0.25) is 0 Å². The number of anilines is 2. The van der Waals surface area contributed by atoms with Crippen molar-refractivity contribution in [3.05, 3.63) is 60.2 Å². The summed E-state index contributed by atoms with van der Waals surface area (Å²) in [5, 5.41) is 7.89. The molecule has 2 aromatic carbocycles. The van der Waals surface area contributed by atoms with Crippen LogP contribution in [0, 0.1) is 0 Å². The Morgan fingerprint density at radius 3 is 2.57 bits per heavy atom. The summed E-state index contributed by atoms with van der Waals surface area (Å²) in [4.78, 5) is 2.30. The van der Waals surface area contributed by atoms with Crippen LogP contribution in [0.5, 0.6) is 0 Å². The van der Waals surface area contributed by atoms with Crippen molar-refractivity contribution in [1.82, 2.24) is 4.90 Å². The van der Waals surface area contributed by atoms with Gasteiger partial charge in [-0.15, -0.1) is 0 Å². The van der Waals surface area contributed by atoms with Gasteiger partial charge in [0.15, 0.2) is 5.11 Å². The minimum atomic E-state index is -0.199. The highest BCUT2D eigenvalue weighted by Gasteiger charge is 2.59. The summed E-state index contributed by atoms with van der Waals surface area (Å²) in [5.41, 5.74) is 3.52. The number of benzene rings is 2. The predicted octanol–water partition coefficient (Wildman–Crippen LogP) is 4.19. The van der Waals surface area contributed by atoms with Crippen molar-refractivity contribution < 1.29 is 0 Å². The van der Waals surface area contributed by atoms with Crippen molar-refractivity contribution in [2.24, 2.45) is 0 Å². The lowest BCUT2D eigenvalue weighted by Gasteiger charge is -2.42. The zero-order chi connectivity index (χ0) is 16.1. The molecule has 3 nitrogen and oxygen atoms in total. The Balaban J connectivity index is 1.65. The average Bonchev–Trinajstić information content (AvgIpc) is 2.93. The third-order valence-electron chi connectivity index (χ3n) is 5.62. The van der Waals surface area contributed by atoms with Gasteiger partial charge in [-0.25, -0.2) is 0 Å². The quantitative estimate of drug-likeness (QED) is 0.770. The zero-order valence-corrected chi connectivity index (χ0v) is 14.3. The van der Waals surface area contributed by atoms with Crippen LogP contribution >= 0.6 is 12.2 Å². The van der Waals surface area contributed by atoms with Crippen LogP contribution in [0.3, 0.4) is 0 Å². The largest absolute Gasteiger partial charge is 0.362 e. The van der Waals surface area contributed by atoms with E-state index < -0.39 is 0 Å². The van der Waals surface area contributed by atoms with Gasteiger partial charge in [0, 0.05) is 23.3 Å². The topological polar surface area (TPSA) is 27.3 Å². The third kappa shape index (κ3) is 1.98. The lowest BCUT2D eigenvalue weighted by molar-refractivity contribution is 0.228. The van der Waals surface area contributed by atoms with Gasteiger partial charge in [0.25, 0.3) is 0 Å². The maximum Gasteiger partial charge on any atom is 0.175 e. The Kier molecular flexibility index (Phi) is 3.13. The normalized spacial score (nSPS) is 28.0. The molecule has 23 heavy (non-hydrogen) atoms. The molecule has 2 heterocycles. The molecule has 4 rings (SSSR count). The van der Waals surface area contributed by atoms with E-state index in [9.17, 15) is 0 Å². The summed E-state index contributed by atoms with van der Waals surface area (Å²) in [6.45, 7) is 5.56. The van der Waals surface area contributed by atoms with Crippen LogP contribution in [-0.2, 0) is 5.41 Å². The van der Waals surface area contributed by atoms with Gasteiger partial charge in [-0.3, -0.25) is 0 Å². The van der Waals surface area contributed by atoms with Crippen LogP contribution in [0.1, 0.15) is 25.8 Å². The second kappa shape index (κ2) is 4.96. The standard InChI is InChI=1S/C19H21N3S/c1-18-12-13-22(17(23)20-14-8-4-3-5-9-14)19(18,2)21-16-11-7-6-10-15(16)18/h3-11,21H,12-13H2,1-2H3,(H,20,23)/t18-,19+/m0/s1. The number of fused-ring (bicyclic) bond motifs is 3. The van der Waals surface area contributed by atoms with E-state index in [0.717, 1.165) is 23.8 Å². The van der Waals surface area contributed by atoms with Gasteiger partial charge in [-0.05, 0) is 49.3 Å². The number of hydrogen-bond acceptors (Lipinski definition) is 2. The molecule has 0 saturated carbocycles. The molecule has 2 aliphatic heterocycles. The lowest BCUT2D eigenvalue weighted by Crippen LogP contribution is -2.57. The monoisotopic (exact) mass is 323 g/mol. The van der Waals surface area contributed by atoms with Crippen molar-refractivity contribution in [2.45, 2.75) is 31.3 Å². The Morgan fingerprint density at radius 2 is 1.78 bits per heavy atom. The number of likely N-dealkylation sites (tertiary alicyclic amines) is 1. The first-order valence-corrected chi connectivity index (χ1v) is 8.47. The van der Waals surface area contributed by atoms with Crippen molar-refractivity contribution in [3.8, 4) is 0 Å². The van der Waals surface area contributed by atoms with Gasteiger partial charge in [-0.2, -0.15) is 0 Å². The van der Waals surface area contributed by atoms with E-state index in [4.69, 9.17) is 12.2 Å². The molecular weight excluding hydrogens is 302 g/mol. The summed E-state index contributed by atoms with van der Waals surface area (Å²) in [7, 11) is 0. The van der Waals surface area contributed by atoms with Gasteiger partial charge in [0.05, 0.1) is 0 Å². The van der Waals surface area contributed by atoms with Crippen molar-refractivity contribution >= 4 is 28.7 Å². The molecular formula is C19H21N3S. The lowest BCUT2D eigenvalue weighted by atomic mass is 9.75. The fourth-order valence-corrected chi connectivity index (χ4v) is 4.45. The summed E-state index contributed by atoms with van der Waals surface area (Å²) < 4.78 is 0. The molecule has 2 atom stereocenters. The molecule has 2 aromatic rings. The molecule has 0 aromatic heterocycles. The van der Waals surface area contributed by atoms with E-state index in [2.05, 4.69) is 53.6 Å². The van der Waals surface area contributed by atoms with Crippen LogP contribution < -0.4 is 10.6 Å². The second-order valence-electron chi connectivity index (χ2n) is 6.77. The van der Waals surface area contributed by atoms with E-state index in [-0.39, 0.29) is 11.1 Å². The molecule has 0 unspecified atom stereocenters. The minimum Gasteiger partial charge on any atom is -0.362 e. The van der Waals surface area contributed by atoms with Crippen molar-refractivity contribution in [1.29, 1.82) is 0 Å². The highest BCUT2D eigenvalue weighted by Crippen LogP contribution is 2.54. The first-order valence-electron chi connectivity index (χ1n) is 8.06. The van der Waals surface area contributed by atoms with Crippen LogP contribution in [0.15, 0.2) is 54.6 Å². The molecule has 1 saturated heterocycles. The number of hydrogen-bond donors (Lipinski definition) is 2. The van der Waals surface area contributed by atoms with Gasteiger partial charge < -0.3 is 15.5 Å². The molecule has 118 valence electrons. The van der Waals surface area contributed by atoms with Gasteiger partial charge >= 0.3 is 0 Å². The number of nitrogens with one attached hydrogen (secondary N) is 2. The molecule has 4 heteroatoms. The number of para-hydroxylation sites is 2. The van der Waals surface area contributed by atoms with Crippen LogP contribution in [0.25, 0.3) is 0 Å². The minimum absolute atomic E-state index is 0.0615. The van der Waals surface area contributed by atoms with E-state index in [0.29, 0.717) is 0 Å². The Bertz CT molecular complexity index is 760. The molecule has 2 N–H and O–H groups in total. The first kappa shape index (κ1) is 14.5. The highest BCUT2D eigenvalue weighted by molar-refractivity contribution is 7.80. The molecule has 0 radical (unpaired) electrons. The maximum absolute atomic E-state index is 5.73. The Hall–Kier alpha value is -2.07. The van der Waals surface area contributed by atoms with Crippen molar-refractivity contribution in [2.75, 3.05) is 17.2 Å². The molecule has 0 amide bonds. The summed E-state index contributed by atoms with van der Waals surface area (Å²) in [6, 6.07) is 18.7. The number of nitrogens with zero attached hydrogens (tertiary/aromatic N) is 1. The van der Waals surface area contributed by atoms with Gasteiger partial charge in [0.1, 0.15) is 5.66 Å². The Morgan fingerprint density at radius 1 is 1.09 bits per heavy atom. The highest BCUT2D eigenvalue weighted by atomic mass is 32.1. The molecule has 0 spiro atoms. The number of rotatable bonds is 1. The molecule has 0 aliphatic carbocycles. The summed E-state index contributed by atoms with van der Waals surface area (Å²) in [5.74, 6) is 0. The Labute approximate surface area is 142 Å². The van der Waals surface area contributed by atoms with E-state index in [1.165, 1.54) is 11.3 Å². The second-order valence-corrected chi connectivity index (χ2v) is 7.16. The smallest absolute Gasteiger partial charge is 0.175 e. The average molecular weight is 323 g/mol. The SMILES string of the molecule is C[C@@]12CCN(C(=S)Nc3ccccc3)[C@@]1(C)Nc1ccccc12. The van der Waals surface area contributed by atoms with E-state index >= 15 is 0 Å². The molecule has 0 bridgehead atoms. The fraction of sp³-hybridized carbons (Fsp3) is 0.316. The van der Waals surface area contributed by atoms with Gasteiger partial charge in [-0.1, -0.05) is 43.3 Å². The predicted molar refractivity (Wildman–Crippen MR) is 99.8 cm³/mol. The van der Waals surface area contributed by atoms with Crippen molar-refractivity contribution in [3.63, 3.8) is 0 Å². The van der Waals surface area contributed by atoms with Crippen LogP contribution in [0.4, 0.5) is 11.4 Å². The summed E-state index contributed by atoms with van der Waals surface area (Å²) >= 11 is 5.73. The molecule has 2 aliphatic rings. The van der Waals surface area contributed by atoms with E-state index in [1.807, 2.05) is 30.3 Å². The fourth-order valence-electron chi connectivity index (χ4n) is 4.06. The van der Waals surface area contributed by atoms with Crippen LogP contribution in [-0.4, -0.2) is 22.2 Å². The first-order chi connectivity index (χ1) is 11.0. The van der Waals surface area contributed by atoms with Crippen LogP contribution in [0.2, 0.25) is 0 Å². The molecule has 1 fully saturated rings. The zero-order valence-electron chi connectivity index (χ0n) is 13.5.